The Bertz CT molecular complexity index is 1180. The molecule has 0 unspecified atom stereocenters. The molecule has 0 saturated heterocycles. The summed E-state index contributed by atoms with van der Waals surface area (Å²) in [4.78, 5) is 12.9. The van der Waals surface area contributed by atoms with E-state index in [4.69, 9.17) is 16.3 Å². The van der Waals surface area contributed by atoms with Crippen molar-refractivity contribution in [3.8, 4) is 11.5 Å². The minimum atomic E-state index is -3.67. The number of carbonyl (C=O) groups excluding carboxylic acids is 1. The molecule has 3 rings (SSSR count). The predicted molar refractivity (Wildman–Crippen MR) is 122 cm³/mol. The maximum absolute atomic E-state index is 12.9. The van der Waals surface area contributed by atoms with Crippen molar-refractivity contribution in [3.63, 3.8) is 0 Å². The van der Waals surface area contributed by atoms with Gasteiger partial charge in [-0.05, 0) is 42.5 Å². The summed E-state index contributed by atoms with van der Waals surface area (Å²) in [5.41, 5.74) is 0.658. The van der Waals surface area contributed by atoms with Gasteiger partial charge in [0.25, 0.3) is 5.91 Å². The molecule has 0 heterocycles. The molecule has 0 saturated carbocycles. The molecule has 162 valence electrons. The van der Waals surface area contributed by atoms with Crippen molar-refractivity contribution in [1.29, 1.82) is 0 Å². The normalized spacial score (nSPS) is 11.4. The van der Waals surface area contributed by atoms with Gasteiger partial charge in [-0.25, -0.2) is 8.42 Å². The van der Waals surface area contributed by atoms with Crippen LogP contribution in [0.5, 0.6) is 11.5 Å². The molecule has 1 N–H and O–H groups in total. The summed E-state index contributed by atoms with van der Waals surface area (Å²) in [6.07, 6.45) is 0. The Hall–Kier alpha value is -2.87. The van der Waals surface area contributed by atoms with E-state index in [9.17, 15) is 13.2 Å². The molecule has 0 bridgehead atoms. The molecule has 6 nitrogen and oxygen atoms in total. The topological polar surface area (TPSA) is 75.7 Å². The summed E-state index contributed by atoms with van der Waals surface area (Å²) >= 11 is 6.16. The van der Waals surface area contributed by atoms with Crippen molar-refractivity contribution in [2.75, 3.05) is 18.4 Å². The first-order chi connectivity index (χ1) is 14.9. The average Bonchev–Trinajstić information content (AvgIpc) is 2.77. The lowest BCUT2D eigenvalue weighted by atomic mass is 10.2. The van der Waals surface area contributed by atoms with E-state index in [1.807, 2.05) is 0 Å². The molecule has 3 aromatic rings. The smallest absolute Gasteiger partial charge is 0.255 e. The first kappa shape index (κ1) is 22.8. The van der Waals surface area contributed by atoms with Gasteiger partial charge in [-0.3, -0.25) is 4.79 Å². The van der Waals surface area contributed by atoms with E-state index in [1.165, 1.54) is 16.4 Å². The summed E-state index contributed by atoms with van der Waals surface area (Å²) < 4.78 is 32.8. The van der Waals surface area contributed by atoms with Crippen LogP contribution in [0.25, 0.3) is 0 Å². The van der Waals surface area contributed by atoms with Crippen molar-refractivity contribution < 1.29 is 17.9 Å². The lowest BCUT2D eigenvalue weighted by Gasteiger charge is -2.18. The van der Waals surface area contributed by atoms with Gasteiger partial charge in [0, 0.05) is 18.7 Å². The highest BCUT2D eigenvalue weighted by Gasteiger charge is 2.22. The van der Waals surface area contributed by atoms with Crippen molar-refractivity contribution in [3.05, 3.63) is 83.4 Å². The Balaban J connectivity index is 1.86. The van der Waals surface area contributed by atoms with Gasteiger partial charge in [0.1, 0.15) is 5.75 Å². The number of hydrogen-bond donors (Lipinski definition) is 1. The van der Waals surface area contributed by atoms with Crippen molar-refractivity contribution in [1.82, 2.24) is 4.31 Å². The molecule has 3 aromatic carbocycles. The van der Waals surface area contributed by atoms with Crippen LogP contribution in [-0.2, 0) is 10.0 Å². The summed E-state index contributed by atoms with van der Waals surface area (Å²) in [6.45, 7) is 4.24. The number of halogens is 1. The number of ether oxygens (including phenoxy) is 1. The van der Waals surface area contributed by atoms with Gasteiger partial charge in [0.05, 0.1) is 15.6 Å². The Morgan fingerprint density at radius 3 is 2.26 bits per heavy atom. The maximum atomic E-state index is 12.9. The van der Waals surface area contributed by atoms with Crippen molar-refractivity contribution >= 4 is 33.2 Å². The van der Waals surface area contributed by atoms with Gasteiger partial charge in [0.2, 0.25) is 10.0 Å². The lowest BCUT2D eigenvalue weighted by molar-refractivity contribution is 0.102. The van der Waals surface area contributed by atoms with Crippen LogP contribution >= 0.6 is 11.6 Å². The third kappa shape index (κ3) is 5.25. The van der Waals surface area contributed by atoms with Gasteiger partial charge in [0.15, 0.2) is 5.75 Å². The Kier molecular flexibility index (Phi) is 7.33. The molecule has 0 fully saturated rings. The average molecular weight is 459 g/mol. The number of nitrogens with one attached hydrogen (secondary N) is 1. The highest BCUT2D eigenvalue weighted by atomic mass is 35.5. The molecule has 0 aromatic heterocycles. The largest absolute Gasteiger partial charge is 0.454 e. The molecular formula is C23H23ClN2O4S. The molecule has 0 aliphatic rings. The number of carbonyl (C=O) groups is 1. The maximum Gasteiger partial charge on any atom is 0.255 e. The van der Waals surface area contributed by atoms with Crippen LogP contribution in [0.4, 0.5) is 5.69 Å². The van der Waals surface area contributed by atoms with Gasteiger partial charge >= 0.3 is 0 Å². The van der Waals surface area contributed by atoms with E-state index in [1.54, 1.807) is 74.5 Å². The Morgan fingerprint density at radius 2 is 1.58 bits per heavy atom. The minimum absolute atomic E-state index is 0.0736. The first-order valence-corrected chi connectivity index (χ1v) is 11.6. The van der Waals surface area contributed by atoms with E-state index < -0.39 is 15.9 Å². The van der Waals surface area contributed by atoms with Gasteiger partial charge in [-0.1, -0.05) is 55.8 Å². The molecule has 0 aliphatic carbocycles. The second kappa shape index (κ2) is 9.96. The molecule has 0 spiro atoms. The summed E-state index contributed by atoms with van der Waals surface area (Å²) in [5, 5.41) is 3.23. The fraction of sp³-hybridized carbons (Fsp3) is 0.174. The molecule has 8 heteroatoms. The third-order valence-electron chi connectivity index (χ3n) is 4.63. The number of rotatable bonds is 8. The fourth-order valence-electron chi connectivity index (χ4n) is 3.01. The predicted octanol–water partition coefficient (Wildman–Crippen LogP) is 5.42. The number of hydrogen-bond acceptors (Lipinski definition) is 4. The zero-order chi connectivity index (χ0) is 22.4. The zero-order valence-corrected chi connectivity index (χ0v) is 18.8. The summed E-state index contributed by atoms with van der Waals surface area (Å²) in [7, 11) is -3.67. The number of benzene rings is 3. The van der Waals surface area contributed by atoms with Gasteiger partial charge < -0.3 is 10.1 Å². The second-order valence-corrected chi connectivity index (χ2v) is 8.95. The summed E-state index contributed by atoms with van der Waals surface area (Å²) in [5.74, 6) is 0.417. The monoisotopic (exact) mass is 458 g/mol. The van der Waals surface area contributed by atoms with Gasteiger partial charge in [-0.15, -0.1) is 0 Å². The number of sulfonamides is 1. The van der Waals surface area contributed by atoms with Crippen LogP contribution in [0.2, 0.25) is 5.02 Å². The van der Waals surface area contributed by atoms with E-state index in [0.717, 1.165) is 0 Å². The number of amides is 1. The molecule has 1 amide bonds. The van der Waals surface area contributed by atoms with Crippen LogP contribution in [0, 0.1) is 0 Å². The Labute approximate surface area is 187 Å². The second-order valence-electron chi connectivity index (χ2n) is 6.60. The van der Waals surface area contributed by atoms with E-state index in [0.29, 0.717) is 35.3 Å². The highest BCUT2D eigenvalue weighted by Crippen LogP contribution is 2.33. The summed E-state index contributed by atoms with van der Waals surface area (Å²) in [6, 6.07) is 19.9. The van der Waals surface area contributed by atoms with Crippen LogP contribution in [-0.4, -0.2) is 31.7 Å². The molecule has 31 heavy (non-hydrogen) atoms. The molecule has 0 aliphatic heterocycles. The molecule has 0 radical (unpaired) electrons. The van der Waals surface area contributed by atoms with Crippen LogP contribution < -0.4 is 10.1 Å². The standard InChI is InChI=1S/C23H23ClN2O4S/c1-3-26(4-2)31(28,29)18-11-9-10-17(16-18)23(27)25-20-13-6-8-15-22(20)30-21-14-7-5-12-19(21)24/h5-16H,3-4H2,1-2H3,(H,25,27). The van der Waals surface area contributed by atoms with E-state index >= 15 is 0 Å². The van der Waals surface area contributed by atoms with Crippen molar-refractivity contribution in [2.24, 2.45) is 0 Å². The third-order valence-corrected chi connectivity index (χ3v) is 6.99. The lowest BCUT2D eigenvalue weighted by Crippen LogP contribution is -2.30. The SMILES string of the molecule is CCN(CC)S(=O)(=O)c1cccc(C(=O)Nc2ccccc2Oc2ccccc2Cl)c1. The minimum Gasteiger partial charge on any atom is -0.454 e. The van der Waals surface area contributed by atoms with Crippen LogP contribution in [0.1, 0.15) is 24.2 Å². The van der Waals surface area contributed by atoms with Crippen LogP contribution in [0.3, 0.4) is 0 Å². The van der Waals surface area contributed by atoms with E-state index in [-0.39, 0.29) is 10.5 Å². The molecule has 0 atom stereocenters. The zero-order valence-electron chi connectivity index (χ0n) is 17.2. The fourth-order valence-corrected chi connectivity index (χ4v) is 4.69. The first-order valence-electron chi connectivity index (χ1n) is 9.79. The van der Waals surface area contributed by atoms with Crippen LogP contribution in [0.15, 0.2) is 77.7 Å². The highest BCUT2D eigenvalue weighted by molar-refractivity contribution is 7.89. The van der Waals surface area contributed by atoms with Gasteiger partial charge in [-0.2, -0.15) is 4.31 Å². The molecular weight excluding hydrogens is 436 g/mol. The number of para-hydroxylation sites is 3. The van der Waals surface area contributed by atoms with E-state index in [2.05, 4.69) is 5.32 Å². The Morgan fingerprint density at radius 1 is 0.935 bits per heavy atom. The number of nitrogens with zero attached hydrogens (tertiary/aromatic N) is 1. The quantitative estimate of drug-likeness (QED) is 0.489. The van der Waals surface area contributed by atoms with Crippen molar-refractivity contribution in [2.45, 2.75) is 18.7 Å². The number of anilines is 1.